The number of nitrogens with one attached hydrogen (secondary N) is 1. The molecule has 0 aromatic rings. The first kappa shape index (κ1) is 15.4. The van der Waals surface area contributed by atoms with Crippen LogP contribution >= 0.6 is 0 Å². The monoisotopic (exact) mass is 244 g/mol. The Hall–Kier alpha value is -1.59. The van der Waals surface area contributed by atoms with Gasteiger partial charge in [-0.2, -0.15) is 0 Å². The Bertz CT molecular complexity index is 254. The zero-order chi connectivity index (χ0) is 12.9. The summed E-state index contributed by atoms with van der Waals surface area (Å²) in [5, 5.41) is 11.8. The first-order valence-corrected chi connectivity index (χ1v) is 5.82. The Kier molecular flexibility index (Phi) is 9.89. The van der Waals surface area contributed by atoms with E-state index in [-0.39, 0.29) is 12.5 Å². The van der Waals surface area contributed by atoms with Crippen LogP contribution in [-0.4, -0.2) is 24.1 Å². The average Bonchev–Trinajstić information content (AvgIpc) is 2.29. The smallest absolute Gasteiger partial charge is 0.294 e. The summed E-state index contributed by atoms with van der Waals surface area (Å²) in [6.07, 6.45) is 7.54. The Morgan fingerprint density at radius 3 is 2.82 bits per heavy atom. The first-order chi connectivity index (χ1) is 8.16. The predicted octanol–water partition coefficient (Wildman–Crippen LogP) is 1.84. The van der Waals surface area contributed by atoms with Crippen molar-refractivity contribution < 1.29 is 14.7 Å². The third-order valence-corrected chi connectivity index (χ3v) is 2.10. The standard InChI is InChI=1S/C11H20N2O4/c1-2-3-4-5-8-11(14)12-9-6-7-10-17-13(15)16/h2-3H,4-10H2,1H3,(H,12,14)/b3-2-. The van der Waals surface area contributed by atoms with E-state index in [0.717, 1.165) is 12.8 Å². The van der Waals surface area contributed by atoms with Gasteiger partial charge in [0.25, 0.3) is 5.09 Å². The largest absolute Gasteiger partial charge is 0.356 e. The molecule has 0 heterocycles. The maximum atomic E-state index is 11.3. The van der Waals surface area contributed by atoms with Gasteiger partial charge in [-0.3, -0.25) is 4.79 Å². The highest BCUT2D eigenvalue weighted by molar-refractivity contribution is 5.75. The molecule has 0 unspecified atom stereocenters. The number of hydrogen-bond donors (Lipinski definition) is 1. The molecule has 0 saturated heterocycles. The molecule has 0 bridgehead atoms. The van der Waals surface area contributed by atoms with Crippen LogP contribution < -0.4 is 5.32 Å². The molecule has 17 heavy (non-hydrogen) atoms. The van der Waals surface area contributed by atoms with Crippen molar-refractivity contribution in [3.8, 4) is 0 Å². The number of carbonyl (C=O) groups is 1. The number of unbranched alkanes of at least 4 members (excludes halogenated alkanes) is 2. The third-order valence-electron chi connectivity index (χ3n) is 2.10. The number of allylic oxidation sites excluding steroid dienone is 2. The van der Waals surface area contributed by atoms with Crippen LogP contribution in [0.15, 0.2) is 12.2 Å². The molecule has 98 valence electrons. The maximum absolute atomic E-state index is 11.3. The fourth-order valence-electron chi connectivity index (χ4n) is 1.23. The Morgan fingerprint density at radius 1 is 1.41 bits per heavy atom. The summed E-state index contributed by atoms with van der Waals surface area (Å²) in [6, 6.07) is 0. The number of nitrogens with zero attached hydrogens (tertiary/aromatic N) is 1. The van der Waals surface area contributed by atoms with E-state index in [0.29, 0.717) is 25.8 Å². The van der Waals surface area contributed by atoms with Crippen molar-refractivity contribution >= 4 is 5.91 Å². The number of hydrogen-bond acceptors (Lipinski definition) is 4. The van der Waals surface area contributed by atoms with Gasteiger partial charge in [-0.05, 0) is 32.6 Å². The molecule has 0 aliphatic rings. The van der Waals surface area contributed by atoms with Crippen molar-refractivity contribution in [1.82, 2.24) is 5.32 Å². The van der Waals surface area contributed by atoms with Crippen LogP contribution in [0.5, 0.6) is 0 Å². The molecule has 0 aromatic carbocycles. The minimum Gasteiger partial charge on any atom is -0.356 e. The lowest BCUT2D eigenvalue weighted by Gasteiger charge is -2.04. The van der Waals surface area contributed by atoms with Crippen LogP contribution in [0.3, 0.4) is 0 Å². The second-order valence-corrected chi connectivity index (χ2v) is 3.58. The molecule has 6 nitrogen and oxygen atoms in total. The van der Waals surface area contributed by atoms with E-state index < -0.39 is 5.09 Å². The molecule has 0 radical (unpaired) electrons. The van der Waals surface area contributed by atoms with Gasteiger partial charge in [-0.15, -0.1) is 10.1 Å². The highest BCUT2D eigenvalue weighted by Gasteiger charge is 1.99. The molecule has 0 rings (SSSR count). The molecule has 0 aliphatic heterocycles. The maximum Gasteiger partial charge on any atom is 0.294 e. The molecule has 1 N–H and O–H groups in total. The summed E-state index contributed by atoms with van der Waals surface area (Å²) in [5.74, 6) is 0.0321. The van der Waals surface area contributed by atoms with Gasteiger partial charge in [-0.25, -0.2) is 0 Å². The van der Waals surface area contributed by atoms with E-state index in [1.165, 1.54) is 0 Å². The Balaban J connectivity index is 3.24. The highest BCUT2D eigenvalue weighted by Crippen LogP contribution is 1.97. The van der Waals surface area contributed by atoms with Crippen molar-refractivity contribution in [3.63, 3.8) is 0 Å². The van der Waals surface area contributed by atoms with E-state index in [1.54, 1.807) is 0 Å². The van der Waals surface area contributed by atoms with Crippen LogP contribution in [-0.2, 0) is 9.63 Å². The molecule has 6 heteroatoms. The lowest BCUT2D eigenvalue weighted by molar-refractivity contribution is -0.757. The van der Waals surface area contributed by atoms with Crippen molar-refractivity contribution in [2.45, 2.75) is 39.0 Å². The van der Waals surface area contributed by atoms with Gasteiger partial charge in [-0.1, -0.05) is 12.2 Å². The molecular formula is C11H20N2O4. The zero-order valence-corrected chi connectivity index (χ0v) is 10.2. The summed E-state index contributed by atoms with van der Waals surface area (Å²) >= 11 is 0. The topological polar surface area (TPSA) is 81.5 Å². The molecule has 0 aromatic heterocycles. The molecule has 0 atom stereocenters. The minimum absolute atomic E-state index is 0.0321. The van der Waals surface area contributed by atoms with E-state index in [2.05, 4.69) is 10.2 Å². The highest BCUT2D eigenvalue weighted by atomic mass is 16.9. The van der Waals surface area contributed by atoms with Crippen molar-refractivity contribution in [2.24, 2.45) is 0 Å². The molecule has 1 amide bonds. The van der Waals surface area contributed by atoms with Gasteiger partial charge >= 0.3 is 0 Å². The van der Waals surface area contributed by atoms with Gasteiger partial charge in [0.05, 0.1) is 6.61 Å². The summed E-state index contributed by atoms with van der Waals surface area (Å²) in [4.78, 5) is 25.2. The number of amides is 1. The Labute approximate surface area is 101 Å². The second-order valence-electron chi connectivity index (χ2n) is 3.58. The average molecular weight is 244 g/mol. The summed E-state index contributed by atoms with van der Waals surface area (Å²) in [5.41, 5.74) is 0. The fourth-order valence-corrected chi connectivity index (χ4v) is 1.23. The molecule has 0 saturated carbocycles. The fraction of sp³-hybridized carbons (Fsp3) is 0.727. The normalized spacial score (nSPS) is 10.4. The van der Waals surface area contributed by atoms with Gasteiger partial charge in [0, 0.05) is 13.0 Å². The molecule has 0 fully saturated rings. The lowest BCUT2D eigenvalue weighted by Crippen LogP contribution is -2.24. The Morgan fingerprint density at radius 2 is 2.18 bits per heavy atom. The number of rotatable bonds is 10. The summed E-state index contributed by atoms with van der Waals surface area (Å²) in [7, 11) is 0. The summed E-state index contributed by atoms with van der Waals surface area (Å²) in [6.45, 7) is 2.58. The van der Waals surface area contributed by atoms with Gasteiger partial charge in [0.15, 0.2) is 0 Å². The van der Waals surface area contributed by atoms with E-state index in [9.17, 15) is 14.9 Å². The summed E-state index contributed by atoms with van der Waals surface area (Å²) < 4.78 is 0. The van der Waals surface area contributed by atoms with E-state index >= 15 is 0 Å². The molecule has 0 spiro atoms. The van der Waals surface area contributed by atoms with Crippen LogP contribution in [0.1, 0.15) is 39.0 Å². The van der Waals surface area contributed by atoms with Gasteiger partial charge < -0.3 is 10.2 Å². The number of carbonyl (C=O) groups excluding carboxylic acids is 1. The molecule has 0 aliphatic carbocycles. The van der Waals surface area contributed by atoms with Crippen molar-refractivity contribution in [1.29, 1.82) is 0 Å². The minimum atomic E-state index is -0.806. The SMILES string of the molecule is C/C=C\CCCC(=O)NCCCCO[N+](=O)[O-]. The van der Waals surface area contributed by atoms with Crippen LogP contribution in [0.2, 0.25) is 0 Å². The third kappa shape index (κ3) is 12.3. The quantitative estimate of drug-likeness (QED) is 0.275. The lowest BCUT2D eigenvalue weighted by atomic mass is 10.2. The van der Waals surface area contributed by atoms with E-state index in [1.807, 2.05) is 19.1 Å². The zero-order valence-electron chi connectivity index (χ0n) is 10.2. The van der Waals surface area contributed by atoms with E-state index in [4.69, 9.17) is 0 Å². The van der Waals surface area contributed by atoms with Gasteiger partial charge in [0.2, 0.25) is 5.91 Å². The van der Waals surface area contributed by atoms with Crippen molar-refractivity contribution in [2.75, 3.05) is 13.2 Å². The predicted molar refractivity (Wildman–Crippen MR) is 63.9 cm³/mol. The van der Waals surface area contributed by atoms with Crippen LogP contribution in [0.25, 0.3) is 0 Å². The van der Waals surface area contributed by atoms with Crippen LogP contribution in [0, 0.1) is 10.1 Å². The van der Waals surface area contributed by atoms with Crippen molar-refractivity contribution in [3.05, 3.63) is 22.3 Å². The second kappa shape index (κ2) is 10.9. The first-order valence-electron chi connectivity index (χ1n) is 5.82. The van der Waals surface area contributed by atoms with Crippen LogP contribution in [0.4, 0.5) is 0 Å². The molecular weight excluding hydrogens is 224 g/mol. The van der Waals surface area contributed by atoms with Gasteiger partial charge in [0.1, 0.15) is 0 Å².